The lowest BCUT2D eigenvalue weighted by Gasteiger charge is -2.38. The van der Waals surface area contributed by atoms with Gasteiger partial charge in [0.2, 0.25) is 0 Å². The number of phenolic OH excluding ortho intramolecular Hbond substituents is 1. The molecule has 0 saturated carbocycles. The molecule has 110 valence electrons. The molecule has 0 aliphatic carbocycles. The van der Waals surface area contributed by atoms with Crippen LogP contribution in [0.3, 0.4) is 0 Å². The standard InChI is InChI=1S/C15H23N3O2/c1-3-11(2)17-6-8-18(9-7-17)15(20)13-10-12(19)4-5-14(13)16/h4-5,10-11,19H,3,6-9,16H2,1-2H3. The van der Waals surface area contributed by atoms with Crippen LogP contribution in [0.5, 0.6) is 5.75 Å². The molecule has 1 saturated heterocycles. The van der Waals surface area contributed by atoms with Gasteiger partial charge in [-0.25, -0.2) is 0 Å². The van der Waals surface area contributed by atoms with Crippen LogP contribution in [0.4, 0.5) is 5.69 Å². The highest BCUT2D eigenvalue weighted by Crippen LogP contribution is 2.21. The fourth-order valence-corrected chi connectivity index (χ4v) is 2.52. The molecule has 0 aromatic heterocycles. The second kappa shape index (κ2) is 6.13. The molecular formula is C15H23N3O2. The van der Waals surface area contributed by atoms with Gasteiger partial charge in [0.05, 0.1) is 5.56 Å². The number of nitrogens with zero attached hydrogens (tertiary/aromatic N) is 2. The van der Waals surface area contributed by atoms with Crippen LogP contribution in [-0.4, -0.2) is 53.0 Å². The Bertz CT molecular complexity index is 482. The van der Waals surface area contributed by atoms with Crippen molar-refractivity contribution in [3.8, 4) is 5.75 Å². The molecule has 1 fully saturated rings. The lowest BCUT2D eigenvalue weighted by Crippen LogP contribution is -2.51. The van der Waals surface area contributed by atoms with Gasteiger partial charge in [-0.15, -0.1) is 0 Å². The Morgan fingerprint density at radius 2 is 2.00 bits per heavy atom. The van der Waals surface area contributed by atoms with E-state index in [0.29, 0.717) is 30.4 Å². The number of nitrogen functional groups attached to an aromatic ring is 1. The average Bonchev–Trinajstić information content (AvgIpc) is 2.48. The molecule has 0 spiro atoms. The molecule has 0 radical (unpaired) electrons. The maximum absolute atomic E-state index is 12.4. The van der Waals surface area contributed by atoms with Crippen LogP contribution in [0, 0.1) is 0 Å². The zero-order valence-electron chi connectivity index (χ0n) is 12.2. The van der Waals surface area contributed by atoms with E-state index in [1.165, 1.54) is 12.1 Å². The fraction of sp³-hybridized carbons (Fsp3) is 0.533. The smallest absolute Gasteiger partial charge is 0.256 e. The molecule has 1 aromatic rings. The zero-order valence-corrected chi connectivity index (χ0v) is 12.2. The molecule has 5 nitrogen and oxygen atoms in total. The number of phenols is 1. The Morgan fingerprint density at radius 1 is 1.35 bits per heavy atom. The van der Waals surface area contributed by atoms with E-state index in [-0.39, 0.29) is 11.7 Å². The minimum atomic E-state index is -0.0952. The minimum absolute atomic E-state index is 0.0702. The van der Waals surface area contributed by atoms with Crippen molar-refractivity contribution in [2.75, 3.05) is 31.9 Å². The molecule has 3 N–H and O–H groups in total. The predicted molar refractivity (Wildman–Crippen MR) is 79.7 cm³/mol. The summed E-state index contributed by atoms with van der Waals surface area (Å²) >= 11 is 0. The van der Waals surface area contributed by atoms with Crippen LogP contribution < -0.4 is 5.73 Å². The molecule has 1 amide bonds. The third kappa shape index (κ3) is 3.04. The van der Waals surface area contributed by atoms with E-state index in [4.69, 9.17) is 5.73 Å². The highest BCUT2D eigenvalue weighted by Gasteiger charge is 2.25. The summed E-state index contributed by atoms with van der Waals surface area (Å²) in [5, 5.41) is 9.50. The predicted octanol–water partition coefficient (Wildman–Crippen LogP) is 1.53. The summed E-state index contributed by atoms with van der Waals surface area (Å²) in [6.45, 7) is 7.58. The molecule has 1 aliphatic heterocycles. The third-order valence-electron chi connectivity index (χ3n) is 4.08. The van der Waals surface area contributed by atoms with E-state index < -0.39 is 0 Å². The molecular weight excluding hydrogens is 254 g/mol. The molecule has 20 heavy (non-hydrogen) atoms. The van der Waals surface area contributed by atoms with Crippen molar-refractivity contribution in [1.29, 1.82) is 0 Å². The summed E-state index contributed by atoms with van der Waals surface area (Å²) < 4.78 is 0. The van der Waals surface area contributed by atoms with Crippen molar-refractivity contribution < 1.29 is 9.90 Å². The number of rotatable bonds is 3. The number of nitrogens with two attached hydrogens (primary N) is 1. The summed E-state index contributed by atoms with van der Waals surface area (Å²) in [6, 6.07) is 5.06. The zero-order chi connectivity index (χ0) is 14.7. The van der Waals surface area contributed by atoms with E-state index in [1.807, 2.05) is 4.90 Å². The minimum Gasteiger partial charge on any atom is -0.508 e. The highest BCUT2D eigenvalue weighted by atomic mass is 16.3. The summed E-state index contributed by atoms with van der Waals surface area (Å²) in [7, 11) is 0. The molecule has 2 rings (SSSR count). The maximum atomic E-state index is 12.4. The second-order valence-electron chi connectivity index (χ2n) is 5.36. The number of carbonyl (C=O) groups is 1. The van der Waals surface area contributed by atoms with Crippen molar-refractivity contribution in [3.05, 3.63) is 23.8 Å². The largest absolute Gasteiger partial charge is 0.508 e. The number of hydrogen-bond donors (Lipinski definition) is 2. The van der Waals surface area contributed by atoms with Gasteiger partial charge in [0.15, 0.2) is 0 Å². The maximum Gasteiger partial charge on any atom is 0.256 e. The number of amides is 1. The van der Waals surface area contributed by atoms with E-state index in [0.717, 1.165) is 19.5 Å². The Kier molecular flexibility index (Phi) is 4.49. The van der Waals surface area contributed by atoms with Gasteiger partial charge in [-0.2, -0.15) is 0 Å². The Morgan fingerprint density at radius 3 is 2.60 bits per heavy atom. The third-order valence-corrected chi connectivity index (χ3v) is 4.08. The van der Waals surface area contributed by atoms with Crippen LogP contribution in [-0.2, 0) is 0 Å². The lowest BCUT2D eigenvalue weighted by molar-refractivity contribution is 0.0580. The topological polar surface area (TPSA) is 69.8 Å². The van der Waals surface area contributed by atoms with Gasteiger partial charge >= 0.3 is 0 Å². The van der Waals surface area contributed by atoms with Gasteiger partial charge < -0.3 is 15.7 Å². The Hall–Kier alpha value is -1.75. The summed E-state index contributed by atoms with van der Waals surface area (Å²) in [4.78, 5) is 16.6. The number of piperazine rings is 1. The van der Waals surface area contributed by atoms with Crippen LogP contribution in [0.15, 0.2) is 18.2 Å². The summed E-state index contributed by atoms with van der Waals surface area (Å²) in [5.74, 6) is -0.0250. The molecule has 5 heteroatoms. The average molecular weight is 277 g/mol. The first-order valence-corrected chi connectivity index (χ1v) is 7.14. The summed E-state index contributed by atoms with van der Waals surface area (Å²) in [5.41, 5.74) is 6.63. The number of aromatic hydroxyl groups is 1. The monoisotopic (exact) mass is 277 g/mol. The van der Waals surface area contributed by atoms with Gasteiger partial charge in [0.25, 0.3) is 5.91 Å². The van der Waals surface area contributed by atoms with Crippen LogP contribution in [0.2, 0.25) is 0 Å². The normalized spacial score (nSPS) is 18.0. The molecule has 1 aromatic carbocycles. The van der Waals surface area contributed by atoms with Gasteiger partial charge in [0.1, 0.15) is 5.75 Å². The number of anilines is 1. The number of carbonyl (C=O) groups excluding carboxylic acids is 1. The number of hydrogen-bond acceptors (Lipinski definition) is 4. The van der Waals surface area contributed by atoms with Gasteiger partial charge in [0, 0.05) is 37.9 Å². The van der Waals surface area contributed by atoms with Crippen molar-refractivity contribution in [3.63, 3.8) is 0 Å². The van der Waals surface area contributed by atoms with E-state index in [1.54, 1.807) is 6.07 Å². The Labute approximate surface area is 120 Å². The molecule has 1 aliphatic rings. The van der Waals surface area contributed by atoms with Crippen LogP contribution in [0.1, 0.15) is 30.6 Å². The Balaban J connectivity index is 2.03. The van der Waals surface area contributed by atoms with Gasteiger partial charge in [-0.05, 0) is 31.5 Å². The highest BCUT2D eigenvalue weighted by molar-refractivity contribution is 5.99. The first kappa shape index (κ1) is 14.7. The SMILES string of the molecule is CCC(C)N1CCN(C(=O)c2cc(O)ccc2N)CC1. The van der Waals surface area contributed by atoms with Crippen molar-refractivity contribution >= 4 is 11.6 Å². The molecule has 1 heterocycles. The van der Waals surface area contributed by atoms with Crippen LogP contribution in [0.25, 0.3) is 0 Å². The first-order chi connectivity index (χ1) is 9.52. The molecule has 1 atom stereocenters. The van der Waals surface area contributed by atoms with Crippen LogP contribution >= 0.6 is 0 Å². The lowest BCUT2D eigenvalue weighted by atomic mass is 10.1. The van der Waals surface area contributed by atoms with Crippen molar-refractivity contribution in [2.45, 2.75) is 26.3 Å². The van der Waals surface area contributed by atoms with E-state index >= 15 is 0 Å². The van der Waals surface area contributed by atoms with Crippen molar-refractivity contribution in [2.24, 2.45) is 0 Å². The molecule has 0 bridgehead atoms. The van der Waals surface area contributed by atoms with Gasteiger partial charge in [-0.3, -0.25) is 9.69 Å². The fourth-order valence-electron chi connectivity index (χ4n) is 2.52. The van der Waals surface area contributed by atoms with E-state index in [9.17, 15) is 9.90 Å². The quantitative estimate of drug-likeness (QED) is 0.649. The molecule has 1 unspecified atom stereocenters. The summed E-state index contributed by atoms with van der Waals surface area (Å²) in [6.07, 6.45) is 1.12. The first-order valence-electron chi connectivity index (χ1n) is 7.14. The second-order valence-corrected chi connectivity index (χ2v) is 5.36. The van der Waals surface area contributed by atoms with Crippen molar-refractivity contribution in [1.82, 2.24) is 9.80 Å². The van der Waals surface area contributed by atoms with Gasteiger partial charge in [-0.1, -0.05) is 6.92 Å². The van der Waals surface area contributed by atoms with E-state index in [2.05, 4.69) is 18.7 Å². The number of benzene rings is 1.